The van der Waals surface area contributed by atoms with Crippen LogP contribution in [-0.4, -0.2) is 17.5 Å². The van der Waals surface area contributed by atoms with Crippen LogP contribution >= 0.6 is 0 Å². The van der Waals surface area contributed by atoms with Crippen LogP contribution in [0.4, 0.5) is 0 Å². The molecule has 0 aromatic carbocycles. The zero-order valence-corrected chi connectivity index (χ0v) is 9.59. The van der Waals surface area contributed by atoms with Crippen LogP contribution in [0, 0.1) is 5.92 Å². The summed E-state index contributed by atoms with van der Waals surface area (Å²) in [6.07, 6.45) is 7.38. The van der Waals surface area contributed by atoms with Gasteiger partial charge in [0.05, 0.1) is 0 Å². The molecule has 0 unspecified atom stereocenters. The molecule has 0 heterocycles. The van der Waals surface area contributed by atoms with Crippen LogP contribution in [0.25, 0.3) is 0 Å². The van der Waals surface area contributed by atoms with Gasteiger partial charge in [-0.3, -0.25) is 4.79 Å². The van der Waals surface area contributed by atoms with Gasteiger partial charge in [0.1, 0.15) is 0 Å². The first kappa shape index (κ1) is 10.9. The fourth-order valence-electron chi connectivity index (χ4n) is 2.37. The van der Waals surface area contributed by atoms with Crippen molar-refractivity contribution in [3.05, 3.63) is 0 Å². The third kappa shape index (κ3) is 3.20. The molecule has 0 aliphatic heterocycles. The fourth-order valence-corrected chi connectivity index (χ4v) is 2.37. The highest BCUT2D eigenvalue weighted by atomic mass is 16.1. The van der Waals surface area contributed by atoms with Gasteiger partial charge in [-0.25, -0.2) is 0 Å². The van der Waals surface area contributed by atoms with E-state index in [0.717, 1.165) is 32.1 Å². The molecule has 3 nitrogen and oxygen atoms in total. The summed E-state index contributed by atoms with van der Waals surface area (Å²) in [5.74, 6) is 0.926. The molecule has 0 atom stereocenters. The molecule has 0 aromatic heterocycles. The third-order valence-corrected chi connectivity index (χ3v) is 3.75. The molecule has 0 aromatic rings. The van der Waals surface area contributed by atoms with Crippen molar-refractivity contribution in [2.75, 3.05) is 0 Å². The molecule has 3 N–H and O–H groups in total. The summed E-state index contributed by atoms with van der Waals surface area (Å²) in [6.45, 7) is 2.16. The number of rotatable bonds is 3. The Balaban J connectivity index is 1.78. The molecule has 1 amide bonds. The molecule has 2 saturated carbocycles. The van der Waals surface area contributed by atoms with Gasteiger partial charge in [0.25, 0.3) is 0 Å². The number of nitrogens with one attached hydrogen (secondary N) is 1. The van der Waals surface area contributed by atoms with Gasteiger partial charge < -0.3 is 11.1 Å². The largest absolute Gasteiger partial charge is 0.351 e. The van der Waals surface area contributed by atoms with E-state index in [1.54, 1.807) is 0 Å². The molecule has 2 aliphatic rings. The number of hydrogen-bond acceptors (Lipinski definition) is 2. The van der Waals surface area contributed by atoms with Crippen LogP contribution in [0.1, 0.15) is 51.9 Å². The Bertz CT molecular complexity index is 240. The molecule has 2 rings (SSSR count). The average Bonchev–Trinajstić information content (AvgIpc) is 2.94. The molecule has 0 spiro atoms. The molecule has 3 heteroatoms. The number of hydrogen-bond donors (Lipinski definition) is 2. The minimum atomic E-state index is 0.0157. The second-order valence-corrected chi connectivity index (χ2v) is 5.59. The first-order valence-electron chi connectivity index (χ1n) is 6.14. The maximum Gasteiger partial charge on any atom is 0.220 e. The van der Waals surface area contributed by atoms with E-state index in [1.165, 1.54) is 12.8 Å². The van der Waals surface area contributed by atoms with Crippen molar-refractivity contribution in [1.29, 1.82) is 0 Å². The SMILES string of the molecule is CC1(NC(=O)CC2CC2)CCC(N)CC1. The lowest BCUT2D eigenvalue weighted by Crippen LogP contribution is -2.50. The Morgan fingerprint density at radius 1 is 1.33 bits per heavy atom. The zero-order valence-electron chi connectivity index (χ0n) is 9.59. The summed E-state index contributed by atoms with van der Waals surface area (Å²) in [6, 6.07) is 0.346. The Hall–Kier alpha value is -0.570. The van der Waals surface area contributed by atoms with Crippen molar-refractivity contribution >= 4 is 5.91 Å². The minimum Gasteiger partial charge on any atom is -0.351 e. The summed E-state index contributed by atoms with van der Waals surface area (Å²) >= 11 is 0. The minimum absolute atomic E-state index is 0.0157. The molecule has 15 heavy (non-hydrogen) atoms. The lowest BCUT2D eigenvalue weighted by Gasteiger charge is -2.37. The van der Waals surface area contributed by atoms with E-state index in [1.807, 2.05) is 0 Å². The van der Waals surface area contributed by atoms with Gasteiger partial charge in [-0.15, -0.1) is 0 Å². The van der Waals surface area contributed by atoms with Crippen molar-refractivity contribution in [2.24, 2.45) is 11.7 Å². The normalized spacial score (nSPS) is 36.3. The first-order valence-corrected chi connectivity index (χ1v) is 6.14. The van der Waals surface area contributed by atoms with Crippen LogP contribution in [0.2, 0.25) is 0 Å². The topological polar surface area (TPSA) is 55.1 Å². The van der Waals surface area contributed by atoms with Crippen molar-refractivity contribution in [3.8, 4) is 0 Å². The molecule has 86 valence electrons. The standard InChI is InChI=1S/C12H22N2O/c1-12(6-4-10(13)5-7-12)14-11(15)8-9-2-3-9/h9-10H,2-8,13H2,1H3,(H,14,15). The van der Waals surface area contributed by atoms with E-state index in [-0.39, 0.29) is 11.4 Å². The average molecular weight is 210 g/mol. The third-order valence-electron chi connectivity index (χ3n) is 3.75. The van der Waals surface area contributed by atoms with E-state index >= 15 is 0 Å². The van der Waals surface area contributed by atoms with Gasteiger partial charge in [-0.1, -0.05) is 0 Å². The lowest BCUT2D eigenvalue weighted by atomic mass is 9.81. The van der Waals surface area contributed by atoms with E-state index in [2.05, 4.69) is 12.2 Å². The maximum atomic E-state index is 11.7. The van der Waals surface area contributed by atoms with Crippen molar-refractivity contribution in [3.63, 3.8) is 0 Å². The summed E-state index contributed by atoms with van der Waals surface area (Å²) < 4.78 is 0. The highest BCUT2D eigenvalue weighted by Crippen LogP contribution is 2.33. The fraction of sp³-hybridized carbons (Fsp3) is 0.917. The predicted octanol–water partition coefficient (Wildman–Crippen LogP) is 1.56. The highest BCUT2D eigenvalue weighted by Gasteiger charge is 2.32. The number of carbonyl (C=O) groups is 1. The van der Waals surface area contributed by atoms with Crippen molar-refractivity contribution < 1.29 is 4.79 Å². The van der Waals surface area contributed by atoms with Gasteiger partial charge >= 0.3 is 0 Å². The molecule has 2 aliphatic carbocycles. The van der Waals surface area contributed by atoms with E-state index in [0.29, 0.717) is 12.0 Å². The van der Waals surface area contributed by atoms with E-state index < -0.39 is 0 Å². The molecular weight excluding hydrogens is 188 g/mol. The summed E-state index contributed by atoms with van der Waals surface area (Å²) in [5.41, 5.74) is 5.88. The second-order valence-electron chi connectivity index (χ2n) is 5.59. The molecule has 0 radical (unpaired) electrons. The van der Waals surface area contributed by atoms with Crippen LogP contribution < -0.4 is 11.1 Å². The molecule has 0 saturated heterocycles. The molecule has 2 fully saturated rings. The first-order chi connectivity index (χ1) is 7.07. The van der Waals surface area contributed by atoms with Crippen molar-refractivity contribution in [1.82, 2.24) is 5.32 Å². The maximum absolute atomic E-state index is 11.7. The lowest BCUT2D eigenvalue weighted by molar-refractivity contribution is -0.123. The molecular formula is C12H22N2O. The second kappa shape index (κ2) is 4.12. The van der Waals surface area contributed by atoms with Crippen LogP contribution in [-0.2, 0) is 4.79 Å². The Labute approximate surface area is 91.8 Å². The van der Waals surface area contributed by atoms with Gasteiger partial charge in [0, 0.05) is 18.0 Å². The Morgan fingerprint density at radius 3 is 2.47 bits per heavy atom. The van der Waals surface area contributed by atoms with Crippen LogP contribution in [0.3, 0.4) is 0 Å². The molecule has 0 bridgehead atoms. The zero-order chi connectivity index (χ0) is 10.9. The summed E-state index contributed by atoms with van der Waals surface area (Å²) in [4.78, 5) is 11.7. The van der Waals surface area contributed by atoms with E-state index in [4.69, 9.17) is 5.73 Å². The predicted molar refractivity (Wildman–Crippen MR) is 60.3 cm³/mol. The number of nitrogens with two attached hydrogens (primary N) is 1. The van der Waals surface area contributed by atoms with E-state index in [9.17, 15) is 4.79 Å². The van der Waals surface area contributed by atoms with Crippen LogP contribution in [0.5, 0.6) is 0 Å². The Morgan fingerprint density at radius 2 is 1.93 bits per heavy atom. The number of amides is 1. The Kier molecular flexibility index (Phi) is 3.01. The van der Waals surface area contributed by atoms with Crippen molar-refractivity contribution in [2.45, 2.75) is 63.5 Å². The van der Waals surface area contributed by atoms with Gasteiger partial charge in [-0.2, -0.15) is 0 Å². The van der Waals surface area contributed by atoms with Gasteiger partial charge in [0.2, 0.25) is 5.91 Å². The van der Waals surface area contributed by atoms with Gasteiger partial charge in [-0.05, 0) is 51.4 Å². The summed E-state index contributed by atoms with van der Waals surface area (Å²) in [7, 11) is 0. The summed E-state index contributed by atoms with van der Waals surface area (Å²) in [5, 5.41) is 3.19. The van der Waals surface area contributed by atoms with Gasteiger partial charge in [0.15, 0.2) is 0 Å². The quantitative estimate of drug-likeness (QED) is 0.742. The highest BCUT2D eigenvalue weighted by molar-refractivity contribution is 5.77. The number of carbonyl (C=O) groups excluding carboxylic acids is 1. The smallest absolute Gasteiger partial charge is 0.220 e. The van der Waals surface area contributed by atoms with Crippen LogP contribution in [0.15, 0.2) is 0 Å². The monoisotopic (exact) mass is 210 g/mol.